The number of carbonyl (C=O) groups is 2. The lowest BCUT2D eigenvalue weighted by molar-refractivity contribution is -0.111. The van der Waals surface area contributed by atoms with E-state index in [2.05, 4.69) is 9.98 Å². The number of amides is 2. The number of aromatic nitrogens is 1. The van der Waals surface area contributed by atoms with Gasteiger partial charge in [-0.3, -0.25) is 14.6 Å². The molecule has 2 aromatic rings. The zero-order valence-corrected chi connectivity index (χ0v) is 10.8. The molecule has 0 atom stereocenters. The Balaban J connectivity index is 2.05. The monoisotopic (exact) mass is 265 g/mol. The lowest BCUT2D eigenvalue weighted by Gasteiger charge is -2.07. The van der Waals surface area contributed by atoms with E-state index in [0.29, 0.717) is 11.1 Å². The maximum atomic E-state index is 12.2. The van der Waals surface area contributed by atoms with Crippen molar-refractivity contribution in [3.05, 3.63) is 59.9 Å². The van der Waals surface area contributed by atoms with Gasteiger partial charge in [-0.2, -0.15) is 0 Å². The average Bonchev–Trinajstić information content (AvgIpc) is 2.74. The smallest absolute Gasteiger partial charge is 0.279 e. The molecule has 2 heterocycles. The number of hydrogen-bond acceptors (Lipinski definition) is 3. The summed E-state index contributed by atoms with van der Waals surface area (Å²) in [6, 6.07) is 10.5. The number of para-hydroxylation sites is 1. The molecule has 0 spiro atoms. The zero-order chi connectivity index (χ0) is 14.1. The van der Waals surface area contributed by atoms with Gasteiger partial charge in [0, 0.05) is 25.0 Å². The van der Waals surface area contributed by atoms with Crippen molar-refractivity contribution < 1.29 is 9.59 Å². The van der Waals surface area contributed by atoms with Crippen LogP contribution in [0.3, 0.4) is 0 Å². The molecule has 3 rings (SSSR count). The van der Waals surface area contributed by atoms with Gasteiger partial charge >= 0.3 is 0 Å². The second-order valence-corrected chi connectivity index (χ2v) is 4.39. The number of fused-ring (bicyclic) bond motifs is 1. The lowest BCUT2D eigenvalue weighted by Crippen LogP contribution is -2.26. The van der Waals surface area contributed by atoms with Gasteiger partial charge in [0.25, 0.3) is 11.8 Å². The molecule has 20 heavy (non-hydrogen) atoms. The first-order valence-corrected chi connectivity index (χ1v) is 6.09. The van der Waals surface area contributed by atoms with Crippen molar-refractivity contribution in [2.24, 2.45) is 4.99 Å². The second-order valence-electron chi connectivity index (χ2n) is 4.39. The maximum Gasteiger partial charge on any atom is 0.279 e. The highest BCUT2D eigenvalue weighted by Crippen LogP contribution is 2.27. The number of benzene rings is 1. The third kappa shape index (κ3) is 1.89. The standard InChI is InChI=1S/C15H11N3O2/c1-18-12-7-3-2-6-11(12)13(15(18)20)17-14(19)10-5-4-8-16-9-10/h2-9H,1H3. The molecule has 0 unspecified atom stereocenters. The van der Waals surface area contributed by atoms with Gasteiger partial charge in [-0.25, -0.2) is 4.99 Å². The van der Waals surface area contributed by atoms with E-state index in [9.17, 15) is 9.59 Å². The molecular weight excluding hydrogens is 254 g/mol. The van der Waals surface area contributed by atoms with E-state index in [1.54, 1.807) is 31.4 Å². The normalized spacial score (nSPS) is 15.6. The number of aliphatic imine (C=N–C) groups is 1. The number of hydrogen-bond donors (Lipinski definition) is 0. The Morgan fingerprint density at radius 1 is 1.20 bits per heavy atom. The van der Waals surface area contributed by atoms with Crippen LogP contribution >= 0.6 is 0 Å². The fourth-order valence-corrected chi connectivity index (χ4v) is 2.11. The highest BCUT2D eigenvalue weighted by molar-refractivity contribution is 6.55. The van der Waals surface area contributed by atoms with Gasteiger partial charge in [0.2, 0.25) is 0 Å². The molecule has 0 bridgehead atoms. The van der Waals surface area contributed by atoms with Gasteiger partial charge in [0.05, 0.1) is 11.3 Å². The molecular formula is C15H11N3O2. The van der Waals surface area contributed by atoms with E-state index < -0.39 is 5.91 Å². The average molecular weight is 265 g/mol. The van der Waals surface area contributed by atoms with Crippen LogP contribution in [0.25, 0.3) is 0 Å². The van der Waals surface area contributed by atoms with Crippen molar-refractivity contribution in [1.29, 1.82) is 0 Å². The molecule has 1 aromatic heterocycles. The minimum absolute atomic E-state index is 0.178. The Morgan fingerprint density at radius 2 is 2.00 bits per heavy atom. The molecule has 98 valence electrons. The Kier molecular flexibility index (Phi) is 2.87. The highest BCUT2D eigenvalue weighted by Gasteiger charge is 2.31. The molecule has 2 amide bonds. The molecule has 1 aromatic carbocycles. The van der Waals surface area contributed by atoms with Gasteiger partial charge in [0.15, 0.2) is 0 Å². The summed E-state index contributed by atoms with van der Waals surface area (Å²) in [5.41, 5.74) is 1.98. The highest BCUT2D eigenvalue weighted by atomic mass is 16.2. The quantitative estimate of drug-likeness (QED) is 0.788. The lowest BCUT2D eigenvalue weighted by atomic mass is 10.1. The van der Waals surface area contributed by atoms with E-state index >= 15 is 0 Å². The Bertz CT molecular complexity index is 723. The predicted octanol–water partition coefficient (Wildman–Crippen LogP) is 1.69. The van der Waals surface area contributed by atoms with E-state index in [1.165, 1.54) is 11.1 Å². The topological polar surface area (TPSA) is 62.6 Å². The van der Waals surface area contributed by atoms with Crippen molar-refractivity contribution in [1.82, 2.24) is 4.98 Å². The third-order valence-corrected chi connectivity index (χ3v) is 3.15. The summed E-state index contributed by atoms with van der Waals surface area (Å²) in [5, 5.41) is 0. The SMILES string of the molecule is CN1C(=O)C(=NC(=O)c2cccnc2)c2ccccc21. The van der Waals surface area contributed by atoms with Crippen LogP contribution in [-0.2, 0) is 4.79 Å². The zero-order valence-electron chi connectivity index (χ0n) is 10.8. The molecule has 5 heteroatoms. The van der Waals surface area contributed by atoms with Gasteiger partial charge in [-0.1, -0.05) is 18.2 Å². The number of pyridine rings is 1. The summed E-state index contributed by atoms with van der Waals surface area (Å²) in [4.78, 5) is 33.6. The van der Waals surface area contributed by atoms with Gasteiger partial charge in [-0.15, -0.1) is 0 Å². The second kappa shape index (κ2) is 4.70. The third-order valence-electron chi connectivity index (χ3n) is 3.15. The number of carbonyl (C=O) groups excluding carboxylic acids is 2. The van der Waals surface area contributed by atoms with Gasteiger partial charge in [-0.05, 0) is 18.2 Å². The molecule has 0 aliphatic carbocycles. The molecule has 5 nitrogen and oxygen atoms in total. The van der Waals surface area contributed by atoms with Crippen LogP contribution in [-0.4, -0.2) is 29.6 Å². The minimum atomic E-state index is -0.466. The molecule has 0 N–H and O–H groups in total. The van der Waals surface area contributed by atoms with Crippen LogP contribution in [0, 0.1) is 0 Å². The summed E-state index contributed by atoms with van der Waals surface area (Å²) >= 11 is 0. The summed E-state index contributed by atoms with van der Waals surface area (Å²) in [6.45, 7) is 0. The van der Waals surface area contributed by atoms with Crippen molar-refractivity contribution in [2.45, 2.75) is 0 Å². The summed E-state index contributed by atoms with van der Waals surface area (Å²) in [7, 11) is 1.66. The van der Waals surface area contributed by atoms with E-state index in [1.807, 2.05) is 18.2 Å². The summed E-state index contributed by atoms with van der Waals surface area (Å²) in [6.07, 6.45) is 3.01. The van der Waals surface area contributed by atoms with Crippen LogP contribution < -0.4 is 4.90 Å². The van der Waals surface area contributed by atoms with Crippen LogP contribution in [0.1, 0.15) is 15.9 Å². The fourth-order valence-electron chi connectivity index (χ4n) is 2.11. The van der Waals surface area contributed by atoms with E-state index in [4.69, 9.17) is 0 Å². The minimum Gasteiger partial charge on any atom is -0.309 e. The molecule has 0 saturated carbocycles. The van der Waals surface area contributed by atoms with E-state index in [-0.39, 0.29) is 11.6 Å². The first kappa shape index (κ1) is 12.2. The number of anilines is 1. The first-order valence-electron chi connectivity index (χ1n) is 6.09. The predicted molar refractivity (Wildman–Crippen MR) is 75.0 cm³/mol. The van der Waals surface area contributed by atoms with Crippen LogP contribution in [0.4, 0.5) is 5.69 Å². The van der Waals surface area contributed by atoms with Gasteiger partial charge in [0.1, 0.15) is 5.71 Å². The Hall–Kier alpha value is -2.82. The van der Waals surface area contributed by atoms with Crippen molar-refractivity contribution in [3.63, 3.8) is 0 Å². The maximum absolute atomic E-state index is 12.2. The number of rotatable bonds is 1. The largest absolute Gasteiger partial charge is 0.309 e. The molecule has 1 aliphatic heterocycles. The molecule has 0 saturated heterocycles. The molecule has 0 fully saturated rings. The number of likely N-dealkylation sites (N-methyl/N-ethyl adjacent to an activating group) is 1. The molecule has 1 aliphatic rings. The Labute approximate surface area is 115 Å². The van der Waals surface area contributed by atoms with Crippen LogP contribution in [0.5, 0.6) is 0 Å². The van der Waals surface area contributed by atoms with Crippen LogP contribution in [0.2, 0.25) is 0 Å². The number of nitrogens with zero attached hydrogens (tertiary/aromatic N) is 3. The summed E-state index contributed by atoms with van der Waals surface area (Å²) in [5.74, 6) is -0.741. The summed E-state index contributed by atoms with van der Waals surface area (Å²) < 4.78 is 0. The molecule has 0 radical (unpaired) electrons. The van der Waals surface area contributed by atoms with Crippen molar-refractivity contribution >= 4 is 23.2 Å². The van der Waals surface area contributed by atoms with Crippen LogP contribution in [0.15, 0.2) is 53.8 Å². The first-order chi connectivity index (χ1) is 9.68. The van der Waals surface area contributed by atoms with Gasteiger partial charge < -0.3 is 4.90 Å². The van der Waals surface area contributed by atoms with Crippen molar-refractivity contribution in [3.8, 4) is 0 Å². The fraction of sp³-hybridized carbons (Fsp3) is 0.0667. The Morgan fingerprint density at radius 3 is 2.75 bits per heavy atom. The van der Waals surface area contributed by atoms with E-state index in [0.717, 1.165) is 5.69 Å². The van der Waals surface area contributed by atoms with Crippen molar-refractivity contribution in [2.75, 3.05) is 11.9 Å².